The Bertz CT molecular complexity index is 284. The second-order valence-electron chi connectivity index (χ2n) is 4.38. The molecule has 1 rings (SSSR count). The summed E-state index contributed by atoms with van der Waals surface area (Å²) in [4.78, 5) is 0. The smallest absolute Gasteiger partial charge is 0.0167 e. The van der Waals surface area contributed by atoms with Gasteiger partial charge in [0, 0.05) is 0 Å². The molecule has 0 fully saturated rings. The van der Waals surface area contributed by atoms with Crippen molar-refractivity contribution in [3.8, 4) is 0 Å². The lowest BCUT2D eigenvalue weighted by Gasteiger charge is -2.17. The molecule has 0 saturated heterocycles. The lowest BCUT2D eigenvalue weighted by Crippen LogP contribution is -2.02. The third-order valence-electron chi connectivity index (χ3n) is 3.06. The fourth-order valence-electron chi connectivity index (χ4n) is 1.43. The molecule has 1 atom stereocenters. The molecular weight excluding hydrogens is 156 g/mol. The highest BCUT2D eigenvalue weighted by molar-refractivity contribution is 5.31. The normalized spacial score (nSPS) is 13.4. The minimum Gasteiger partial charge on any atom is -0.0622 e. The van der Waals surface area contributed by atoms with Crippen LogP contribution in [-0.2, 0) is 0 Å². The van der Waals surface area contributed by atoms with Gasteiger partial charge >= 0.3 is 0 Å². The van der Waals surface area contributed by atoms with Gasteiger partial charge in [0.05, 0.1) is 0 Å². The van der Waals surface area contributed by atoms with E-state index in [0.29, 0.717) is 5.92 Å². The number of hydrogen-bond acceptors (Lipinski definition) is 0. The minimum atomic E-state index is 0.666. The fourth-order valence-corrected chi connectivity index (χ4v) is 1.43. The lowest BCUT2D eigenvalue weighted by atomic mass is 9.89. The number of hydrogen-bond donors (Lipinski definition) is 0. The van der Waals surface area contributed by atoms with E-state index in [0.717, 1.165) is 5.92 Å². The van der Waals surface area contributed by atoms with Crippen molar-refractivity contribution in [3.63, 3.8) is 0 Å². The maximum absolute atomic E-state index is 2.32. The van der Waals surface area contributed by atoms with Crippen molar-refractivity contribution in [3.05, 3.63) is 34.9 Å². The minimum absolute atomic E-state index is 0.666. The summed E-state index contributed by atoms with van der Waals surface area (Å²) in [5.74, 6) is 1.39. The van der Waals surface area contributed by atoms with Crippen molar-refractivity contribution in [2.75, 3.05) is 0 Å². The second-order valence-corrected chi connectivity index (χ2v) is 4.38. The largest absolute Gasteiger partial charge is 0.0622 e. The van der Waals surface area contributed by atoms with Gasteiger partial charge < -0.3 is 0 Å². The molecule has 0 radical (unpaired) electrons. The molecule has 0 nitrogen and oxygen atoms in total. The summed E-state index contributed by atoms with van der Waals surface area (Å²) in [5.41, 5.74) is 4.27. The molecule has 0 spiro atoms. The first-order valence-corrected chi connectivity index (χ1v) is 5.09. The van der Waals surface area contributed by atoms with Crippen LogP contribution in [0.4, 0.5) is 0 Å². The highest BCUT2D eigenvalue weighted by Crippen LogP contribution is 2.24. The molecule has 13 heavy (non-hydrogen) atoms. The molecule has 0 aliphatic heterocycles. The van der Waals surface area contributed by atoms with Crippen molar-refractivity contribution in [2.24, 2.45) is 5.92 Å². The van der Waals surface area contributed by atoms with Gasteiger partial charge in [0.15, 0.2) is 0 Å². The quantitative estimate of drug-likeness (QED) is 0.637. The van der Waals surface area contributed by atoms with Crippen LogP contribution in [-0.4, -0.2) is 0 Å². The van der Waals surface area contributed by atoms with E-state index in [2.05, 4.69) is 52.8 Å². The Hall–Kier alpha value is -0.780. The monoisotopic (exact) mass is 176 g/mol. The molecule has 0 aliphatic carbocycles. The molecule has 1 aromatic carbocycles. The van der Waals surface area contributed by atoms with Crippen molar-refractivity contribution in [1.29, 1.82) is 0 Å². The van der Waals surface area contributed by atoms with Crippen molar-refractivity contribution in [1.82, 2.24) is 0 Å². The number of aryl methyl sites for hydroxylation is 2. The molecule has 0 aromatic heterocycles. The van der Waals surface area contributed by atoms with E-state index in [1.54, 1.807) is 0 Å². The average molecular weight is 176 g/mol. The first kappa shape index (κ1) is 10.3. The van der Waals surface area contributed by atoms with Gasteiger partial charge in [-0.2, -0.15) is 0 Å². The average Bonchev–Trinajstić information content (AvgIpc) is 2.08. The predicted octanol–water partition coefficient (Wildman–Crippen LogP) is 4.06. The summed E-state index contributed by atoms with van der Waals surface area (Å²) >= 11 is 0. The van der Waals surface area contributed by atoms with Gasteiger partial charge in [0.25, 0.3) is 0 Å². The van der Waals surface area contributed by atoms with Crippen LogP contribution in [0.2, 0.25) is 0 Å². The summed E-state index contributed by atoms with van der Waals surface area (Å²) in [7, 11) is 0. The van der Waals surface area contributed by atoms with E-state index in [4.69, 9.17) is 0 Å². The standard InChI is InChI=1S/C13H20/c1-9(2)12(5)13-7-6-10(3)11(4)8-13/h6-9,12H,1-5H3/t12-/m0/s1. The number of rotatable bonds is 2. The zero-order valence-electron chi connectivity index (χ0n) is 9.39. The molecule has 0 heteroatoms. The van der Waals surface area contributed by atoms with Crippen LogP contribution in [0.25, 0.3) is 0 Å². The van der Waals surface area contributed by atoms with Gasteiger partial charge in [0.1, 0.15) is 0 Å². The predicted molar refractivity (Wildman–Crippen MR) is 59.2 cm³/mol. The molecule has 72 valence electrons. The van der Waals surface area contributed by atoms with Gasteiger partial charge in [-0.3, -0.25) is 0 Å². The van der Waals surface area contributed by atoms with Gasteiger partial charge in [-0.05, 0) is 42.4 Å². The summed E-state index contributed by atoms with van der Waals surface area (Å²) in [6, 6.07) is 6.80. The number of benzene rings is 1. The molecule has 0 N–H and O–H groups in total. The Morgan fingerprint density at radius 1 is 0.923 bits per heavy atom. The van der Waals surface area contributed by atoms with E-state index >= 15 is 0 Å². The second kappa shape index (κ2) is 3.95. The van der Waals surface area contributed by atoms with E-state index in [-0.39, 0.29) is 0 Å². The third-order valence-corrected chi connectivity index (χ3v) is 3.06. The molecule has 1 aromatic rings. The van der Waals surface area contributed by atoms with Gasteiger partial charge in [0.2, 0.25) is 0 Å². The Morgan fingerprint density at radius 3 is 2.00 bits per heavy atom. The maximum atomic E-state index is 2.32. The first-order valence-electron chi connectivity index (χ1n) is 5.09. The lowest BCUT2D eigenvalue weighted by molar-refractivity contribution is 0.535. The molecule has 0 unspecified atom stereocenters. The Balaban J connectivity index is 2.97. The third kappa shape index (κ3) is 2.33. The zero-order chi connectivity index (χ0) is 10.0. The Labute approximate surface area is 82.0 Å². The van der Waals surface area contributed by atoms with E-state index in [1.165, 1.54) is 16.7 Å². The summed E-state index contributed by atoms with van der Waals surface area (Å²) < 4.78 is 0. The Morgan fingerprint density at radius 2 is 1.54 bits per heavy atom. The topological polar surface area (TPSA) is 0 Å². The van der Waals surface area contributed by atoms with Crippen molar-refractivity contribution >= 4 is 0 Å². The summed E-state index contributed by atoms with van der Waals surface area (Å²) in [5, 5.41) is 0. The zero-order valence-corrected chi connectivity index (χ0v) is 9.39. The van der Waals surface area contributed by atoms with Gasteiger partial charge in [-0.1, -0.05) is 39.0 Å². The van der Waals surface area contributed by atoms with Crippen molar-refractivity contribution < 1.29 is 0 Å². The van der Waals surface area contributed by atoms with Crippen LogP contribution in [0.1, 0.15) is 43.4 Å². The van der Waals surface area contributed by atoms with Crippen LogP contribution < -0.4 is 0 Å². The first-order chi connectivity index (χ1) is 6.02. The van der Waals surface area contributed by atoms with E-state index in [9.17, 15) is 0 Å². The van der Waals surface area contributed by atoms with Crippen LogP contribution >= 0.6 is 0 Å². The summed E-state index contributed by atoms with van der Waals surface area (Å²) in [6.07, 6.45) is 0. The van der Waals surface area contributed by atoms with Gasteiger partial charge in [-0.15, -0.1) is 0 Å². The maximum Gasteiger partial charge on any atom is -0.0167 e. The van der Waals surface area contributed by atoms with Crippen LogP contribution in [0, 0.1) is 19.8 Å². The highest BCUT2D eigenvalue weighted by Gasteiger charge is 2.09. The van der Waals surface area contributed by atoms with Crippen LogP contribution in [0.15, 0.2) is 18.2 Å². The van der Waals surface area contributed by atoms with E-state index < -0.39 is 0 Å². The van der Waals surface area contributed by atoms with Crippen LogP contribution in [0.3, 0.4) is 0 Å². The molecule has 0 heterocycles. The SMILES string of the molecule is Cc1ccc([C@@H](C)C(C)C)cc1C. The highest BCUT2D eigenvalue weighted by atomic mass is 14.1. The van der Waals surface area contributed by atoms with E-state index in [1.807, 2.05) is 0 Å². The van der Waals surface area contributed by atoms with Gasteiger partial charge in [-0.25, -0.2) is 0 Å². The molecule has 0 aliphatic rings. The summed E-state index contributed by atoms with van der Waals surface area (Å²) in [6.45, 7) is 11.2. The molecule has 0 saturated carbocycles. The Kier molecular flexibility index (Phi) is 3.13. The fraction of sp³-hybridized carbons (Fsp3) is 0.538. The van der Waals surface area contributed by atoms with Crippen molar-refractivity contribution in [2.45, 2.75) is 40.5 Å². The molecule has 0 amide bonds. The van der Waals surface area contributed by atoms with Crippen LogP contribution in [0.5, 0.6) is 0 Å². The molecule has 0 bridgehead atoms. The molecular formula is C13H20.